The fourth-order valence-corrected chi connectivity index (χ4v) is 2.39. The van der Waals surface area contributed by atoms with E-state index in [2.05, 4.69) is 15.9 Å². The number of aryl methyl sites for hydroxylation is 1. The average Bonchev–Trinajstić information content (AvgIpc) is 2.38. The first-order valence-electron chi connectivity index (χ1n) is 6.32. The number of aliphatic hydroxyl groups is 1. The lowest BCUT2D eigenvalue weighted by Crippen LogP contribution is -2.02. The monoisotopic (exact) mass is 338 g/mol. The molecule has 20 heavy (non-hydrogen) atoms. The molecule has 1 N–H and O–H groups in total. The average molecular weight is 339 g/mol. The van der Waals surface area contributed by atoms with E-state index in [4.69, 9.17) is 4.74 Å². The summed E-state index contributed by atoms with van der Waals surface area (Å²) in [6.07, 6.45) is -0.596. The zero-order valence-corrected chi connectivity index (χ0v) is 12.9. The Morgan fingerprint density at radius 3 is 2.65 bits per heavy atom. The van der Waals surface area contributed by atoms with Crippen molar-refractivity contribution in [2.75, 3.05) is 0 Å². The highest BCUT2D eigenvalue weighted by molar-refractivity contribution is 9.10. The van der Waals surface area contributed by atoms with Crippen LogP contribution in [0.15, 0.2) is 40.9 Å². The van der Waals surface area contributed by atoms with Gasteiger partial charge in [-0.05, 0) is 38.1 Å². The van der Waals surface area contributed by atoms with E-state index in [1.165, 1.54) is 12.1 Å². The summed E-state index contributed by atoms with van der Waals surface area (Å²) >= 11 is 3.31. The van der Waals surface area contributed by atoms with Gasteiger partial charge in [0, 0.05) is 15.6 Å². The molecule has 0 unspecified atom stereocenters. The number of rotatable bonds is 4. The summed E-state index contributed by atoms with van der Waals surface area (Å²) in [5.41, 5.74) is 2.67. The predicted molar refractivity (Wildman–Crippen MR) is 80.2 cm³/mol. The van der Waals surface area contributed by atoms with Crippen molar-refractivity contribution in [3.05, 3.63) is 63.4 Å². The van der Waals surface area contributed by atoms with Gasteiger partial charge >= 0.3 is 0 Å². The number of halogens is 2. The van der Waals surface area contributed by atoms with Crippen LogP contribution < -0.4 is 4.74 Å². The molecule has 0 saturated heterocycles. The summed E-state index contributed by atoms with van der Waals surface area (Å²) in [6, 6.07) is 10.2. The van der Waals surface area contributed by atoms with Gasteiger partial charge in [-0.15, -0.1) is 0 Å². The van der Waals surface area contributed by atoms with Crippen molar-refractivity contribution in [2.24, 2.45) is 0 Å². The first kappa shape index (κ1) is 15.0. The summed E-state index contributed by atoms with van der Waals surface area (Å²) in [6.45, 7) is 3.98. The highest BCUT2D eigenvalue weighted by Gasteiger charge is 2.10. The van der Waals surface area contributed by atoms with Crippen LogP contribution in [0.4, 0.5) is 4.39 Å². The molecule has 2 aromatic rings. The molecule has 0 aliphatic rings. The van der Waals surface area contributed by atoms with Gasteiger partial charge in [-0.2, -0.15) is 0 Å². The van der Waals surface area contributed by atoms with Crippen molar-refractivity contribution in [2.45, 2.75) is 26.6 Å². The van der Waals surface area contributed by atoms with Crippen molar-refractivity contribution in [3.8, 4) is 5.75 Å². The van der Waals surface area contributed by atoms with E-state index in [0.717, 1.165) is 16.7 Å². The fourth-order valence-electron chi connectivity index (χ4n) is 1.92. The number of hydrogen-bond donors (Lipinski definition) is 1. The van der Waals surface area contributed by atoms with E-state index >= 15 is 0 Å². The molecule has 2 rings (SSSR count). The minimum Gasteiger partial charge on any atom is -0.488 e. The lowest BCUT2D eigenvalue weighted by molar-refractivity contribution is 0.190. The van der Waals surface area contributed by atoms with Crippen LogP contribution in [0, 0.1) is 12.7 Å². The Labute approximate surface area is 126 Å². The number of aliphatic hydroxyl groups excluding tert-OH is 1. The maximum atomic E-state index is 13.0. The minimum absolute atomic E-state index is 0.291. The normalized spacial score (nSPS) is 12.2. The van der Waals surface area contributed by atoms with Gasteiger partial charge in [0.15, 0.2) is 0 Å². The fraction of sp³-hybridized carbons (Fsp3) is 0.250. The molecule has 0 fully saturated rings. The molecule has 0 radical (unpaired) electrons. The van der Waals surface area contributed by atoms with Gasteiger partial charge < -0.3 is 9.84 Å². The van der Waals surface area contributed by atoms with Crippen LogP contribution in [0.2, 0.25) is 0 Å². The van der Waals surface area contributed by atoms with Crippen LogP contribution in [0.3, 0.4) is 0 Å². The van der Waals surface area contributed by atoms with Crippen molar-refractivity contribution in [1.29, 1.82) is 0 Å². The van der Waals surface area contributed by atoms with Gasteiger partial charge in [0.25, 0.3) is 0 Å². The molecule has 0 spiro atoms. The van der Waals surface area contributed by atoms with E-state index in [0.29, 0.717) is 16.8 Å². The number of hydrogen-bond acceptors (Lipinski definition) is 2. The van der Waals surface area contributed by atoms with Crippen LogP contribution in [-0.2, 0) is 6.61 Å². The molecule has 0 heterocycles. The third-order valence-corrected chi connectivity index (χ3v) is 3.75. The number of ether oxygens (including phenoxy) is 1. The van der Waals surface area contributed by atoms with Gasteiger partial charge in [-0.1, -0.05) is 33.6 Å². The van der Waals surface area contributed by atoms with Crippen molar-refractivity contribution in [1.82, 2.24) is 0 Å². The molecule has 0 aliphatic carbocycles. The molecule has 2 nitrogen and oxygen atoms in total. The molecule has 0 amide bonds. The maximum Gasteiger partial charge on any atom is 0.125 e. The SMILES string of the molecule is Cc1ccc(OCc2ccc(F)cc2Br)c([C@@H](C)O)c1. The van der Waals surface area contributed by atoms with Crippen LogP contribution in [0.5, 0.6) is 5.75 Å². The van der Waals surface area contributed by atoms with Gasteiger partial charge in [-0.25, -0.2) is 4.39 Å². The maximum absolute atomic E-state index is 13.0. The van der Waals surface area contributed by atoms with E-state index in [-0.39, 0.29) is 5.82 Å². The summed E-state index contributed by atoms with van der Waals surface area (Å²) in [5, 5.41) is 9.78. The van der Waals surface area contributed by atoms with Crippen LogP contribution >= 0.6 is 15.9 Å². The highest BCUT2D eigenvalue weighted by atomic mass is 79.9. The van der Waals surface area contributed by atoms with Crippen LogP contribution in [-0.4, -0.2) is 5.11 Å². The second-order valence-electron chi connectivity index (χ2n) is 4.74. The summed E-state index contributed by atoms with van der Waals surface area (Å²) < 4.78 is 19.4. The van der Waals surface area contributed by atoms with E-state index in [1.807, 2.05) is 25.1 Å². The molecular weight excluding hydrogens is 323 g/mol. The predicted octanol–water partition coefficient (Wildman–Crippen LogP) is 4.53. The molecular formula is C16H16BrFO2. The Morgan fingerprint density at radius 1 is 1.25 bits per heavy atom. The second-order valence-corrected chi connectivity index (χ2v) is 5.60. The molecule has 0 saturated carbocycles. The van der Waals surface area contributed by atoms with E-state index < -0.39 is 6.10 Å². The van der Waals surface area contributed by atoms with Crippen molar-refractivity contribution in [3.63, 3.8) is 0 Å². The molecule has 0 aliphatic heterocycles. The second kappa shape index (κ2) is 6.37. The molecule has 106 valence electrons. The summed E-state index contributed by atoms with van der Waals surface area (Å²) in [7, 11) is 0. The van der Waals surface area contributed by atoms with E-state index in [1.54, 1.807) is 13.0 Å². The molecule has 2 aromatic carbocycles. The standard InChI is InChI=1S/C16H16BrFO2/c1-10-3-6-16(14(7-10)11(2)19)20-9-12-4-5-13(18)8-15(12)17/h3-8,11,19H,9H2,1-2H3/t11-/m1/s1. The zero-order valence-electron chi connectivity index (χ0n) is 11.4. The van der Waals surface area contributed by atoms with Crippen LogP contribution in [0.25, 0.3) is 0 Å². The van der Waals surface area contributed by atoms with Crippen LogP contribution in [0.1, 0.15) is 29.7 Å². The van der Waals surface area contributed by atoms with Gasteiger partial charge in [0.05, 0.1) is 6.10 Å². The number of benzene rings is 2. The Morgan fingerprint density at radius 2 is 2.00 bits per heavy atom. The smallest absolute Gasteiger partial charge is 0.125 e. The van der Waals surface area contributed by atoms with Gasteiger partial charge in [0.1, 0.15) is 18.2 Å². The van der Waals surface area contributed by atoms with Crippen molar-refractivity contribution < 1.29 is 14.2 Å². The quantitative estimate of drug-likeness (QED) is 0.887. The Kier molecular flexibility index (Phi) is 4.78. The zero-order chi connectivity index (χ0) is 14.7. The van der Waals surface area contributed by atoms with Gasteiger partial charge in [-0.3, -0.25) is 0 Å². The minimum atomic E-state index is -0.596. The largest absolute Gasteiger partial charge is 0.488 e. The lowest BCUT2D eigenvalue weighted by atomic mass is 10.1. The molecule has 0 bridgehead atoms. The molecule has 4 heteroatoms. The Bertz CT molecular complexity index is 611. The highest BCUT2D eigenvalue weighted by Crippen LogP contribution is 2.28. The first-order chi connectivity index (χ1) is 9.47. The third kappa shape index (κ3) is 3.58. The lowest BCUT2D eigenvalue weighted by Gasteiger charge is -2.15. The Balaban J connectivity index is 2.18. The summed E-state index contributed by atoms with van der Waals surface area (Å²) in [5.74, 6) is 0.349. The van der Waals surface area contributed by atoms with E-state index in [9.17, 15) is 9.50 Å². The Hall–Kier alpha value is -1.39. The molecule has 1 atom stereocenters. The molecule has 0 aromatic heterocycles. The van der Waals surface area contributed by atoms with Crippen molar-refractivity contribution >= 4 is 15.9 Å². The summed E-state index contributed by atoms with van der Waals surface area (Å²) in [4.78, 5) is 0. The topological polar surface area (TPSA) is 29.5 Å². The first-order valence-corrected chi connectivity index (χ1v) is 7.12. The van der Waals surface area contributed by atoms with Gasteiger partial charge in [0.2, 0.25) is 0 Å². The third-order valence-electron chi connectivity index (χ3n) is 3.01.